The molecule has 9 heteroatoms. The number of hydrogen-bond acceptors (Lipinski definition) is 5. The van der Waals surface area contributed by atoms with Crippen molar-refractivity contribution >= 4 is 20.0 Å². The molecule has 1 unspecified atom stereocenters. The van der Waals surface area contributed by atoms with Gasteiger partial charge in [-0.1, -0.05) is 6.92 Å². The van der Waals surface area contributed by atoms with E-state index in [-0.39, 0.29) is 23.5 Å². The van der Waals surface area contributed by atoms with E-state index < -0.39 is 20.0 Å². The normalized spacial score (nSPS) is 25.8. The molecule has 3 N–H and O–H groups in total. The first-order valence-electron chi connectivity index (χ1n) is 6.29. The van der Waals surface area contributed by atoms with Crippen molar-refractivity contribution in [3.05, 3.63) is 0 Å². The van der Waals surface area contributed by atoms with E-state index in [1.165, 1.54) is 11.2 Å². The van der Waals surface area contributed by atoms with Crippen LogP contribution in [0.15, 0.2) is 0 Å². The van der Waals surface area contributed by atoms with Crippen molar-refractivity contribution in [3.63, 3.8) is 0 Å². The van der Waals surface area contributed by atoms with Gasteiger partial charge in [0.05, 0.1) is 11.5 Å². The molecule has 1 fully saturated rings. The molecule has 19 heavy (non-hydrogen) atoms. The van der Waals surface area contributed by atoms with Crippen molar-refractivity contribution in [2.24, 2.45) is 11.1 Å². The summed E-state index contributed by atoms with van der Waals surface area (Å²) in [5, 5.41) is 0. The van der Waals surface area contributed by atoms with Crippen LogP contribution in [0.5, 0.6) is 0 Å². The molecule has 0 aromatic carbocycles. The molecule has 7 nitrogen and oxygen atoms in total. The third kappa shape index (κ3) is 4.67. The van der Waals surface area contributed by atoms with E-state index in [0.29, 0.717) is 19.6 Å². The van der Waals surface area contributed by atoms with Crippen molar-refractivity contribution in [3.8, 4) is 0 Å². The number of nitrogens with one attached hydrogen (secondary N) is 1. The lowest BCUT2D eigenvalue weighted by molar-refractivity contribution is 0.349. The van der Waals surface area contributed by atoms with Gasteiger partial charge in [-0.25, -0.2) is 25.9 Å². The van der Waals surface area contributed by atoms with Gasteiger partial charge in [0.25, 0.3) is 0 Å². The van der Waals surface area contributed by atoms with Gasteiger partial charge in [0.15, 0.2) is 0 Å². The zero-order chi connectivity index (χ0) is 14.7. The molecule has 1 rings (SSSR count). The van der Waals surface area contributed by atoms with Crippen LogP contribution in [0.4, 0.5) is 0 Å². The molecule has 0 aromatic rings. The topological polar surface area (TPSA) is 110 Å². The Morgan fingerprint density at radius 3 is 2.42 bits per heavy atom. The zero-order valence-corrected chi connectivity index (χ0v) is 13.1. The molecule has 0 aliphatic carbocycles. The maximum Gasteiger partial charge on any atom is 0.215 e. The van der Waals surface area contributed by atoms with E-state index in [1.807, 2.05) is 6.92 Å². The fourth-order valence-corrected chi connectivity index (χ4v) is 4.18. The lowest BCUT2D eigenvalue weighted by atomic mass is 9.90. The van der Waals surface area contributed by atoms with Crippen LogP contribution >= 0.6 is 0 Å². The first kappa shape index (κ1) is 16.8. The van der Waals surface area contributed by atoms with E-state index in [4.69, 9.17) is 5.73 Å². The minimum Gasteiger partial charge on any atom is -0.330 e. The second-order valence-electron chi connectivity index (χ2n) is 5.21. The molecule has 0 saturated carbocycles. The second kappa shape index (κ2) is 6.04. The Kier molecular flexibility index (Phi) is 5.35. The Morgan fingerprint density at radius 1 is 1.32 bits per heavy atom. The highest BCUT2D eigenvalue weighted by Gasteiger charge is 2.38. The van der Waals surface area contributed by atoms with Gasteiger partial charge in [-0.05, 0) is 25.3 Å². The minimum absolute atomic E-state index is 0.0536. The van der Waals surface area contributed by atoms with Gasteiger partial charge in [-0.3, -0.25) is 0 Å². The van der Waals surface area contributed by atoms with Crippen LogP contribution in [0.2, 0.25) is 0 Å². The summed E-state index contributed by atoms with van der Waals surface area (Å²) in [5.74, 6) is -0.269. The number of rotatable bonds is 7. The van der Waals surface area contributed by atoms with Crippen molar-refractivity contribution < 1.29 is 16.8 Å². The Morgan fingerprint density at radius 2 is 1.95 bits per heavy atom. The number of hydrogen-bond donors (Lipinski definition) is 2. The summed E-state index contributed by atoms with van der Waals surface area (Å²) in [6.45, 7) is 4.69. The Bertz CT molecular complexity index is 503. The summed E-state index contributed by atoms with van der Waals surface area (Å²) in [7, 11) is -6.77. The molecule has 1 aliphatic heterocycles. The highest BCUT2D eigenvalue weighted by Crippen LogP contribution is 2.30. The van der Waals surface area contributed by atoms with Gasteiger partial charge < -0.3 is 5.73 Å². The van der Waals surface area contributed by atoms with E-state index >= 15 is 0 Å². The van der Waals surface area contributed by atoms with Gasteiger partial charge >= 0.3 is 0 Å². The first-order chi connectivity index (χ1) is 8.64. The SMILES string of the molecule is CCS(=O)(=O)NCCS(=O)(=O)N1CCC(C)(CN)C1. The average Bonchev–Trinajstić information content (AvgIpc) is 2.73. The van der Waals surface area contributed by atoms with Crippen LogP contribution in [-0.4, -0.2) is 58.8 Å². The van der Waals surface area contributed by atoms with Gasteiger partial charge in [-0.15, -0.1) is 0 Å². The number of nitrogens with zero attached hydrogens (tertiary/aromatic N) is 1. The van der Waals surface area contributed by atoms with E-state index in [0.717, 1.165) is 6.42 Å². The molecule has 0 spiro atoms. The maximum absolute atomic E-state index is 12.1. The van der Waals surface area contributed by atoms with Gasteiger partial charge in [0.1, 0.15) is 0 Å². The molecule has 0 aromatic heterocycles. The van der Waals surface area contributed by atoms with Gasteiger partial charge in [0, 0.05) is 19.6 Å². The number of nitrogens with two attached hydrogens (primary N) is 1. The van der Waals surface area contributed by atoms with Crippen LogP contribution in [0, 0.1) is 5.41 Å². The van der Waals surface area contributed by atoms with E-state index in [9.17, 15) is 16.8 Å². The lowest BCUT2D eigenvalue weighted by Gasteiger charge is -2.22. The van der Waals surface area contributed by atoms with Crippen LogP contribution in [0.1, 0.15) is 20.3 Å². The molecular weight excluding hydrogens is 290 g/mol. The zero-order valence-electron chi connectivity index (χ0n) is 11.4. The summed E-state index contributed by atoms with van der Waals surface area (Å²) in [5.41, 5.74) is 5.47. The Labute approximate surface area is 115 Å². The smallest absolute Gasteiger partial charge is 0.215 e. The first-order valence-corrected chi connectivity index (χ1v) is 9.55. The maximum atomic E-state index is 12.1. The summed E-state index contributed by atoms with van der Waals surface area (Å²) in [4.78, 5) is 0. The highest BCUT2D eigenvalue weighted by molar-refractivity contribution is 7.90. The van der Waals surface area contributed by atoms with Crippen molar-refractivity contribution in [1.29, 1.82) is 0 Å². The molecule has 1 aliphatic rings. The monoisotopic (exact) mass is 313 g/mol. The fourth-order valence-electron chi connectivity index (χ4n) is 1.94. The molecule has 0 amide bonds. The molecular formula is C10H23N3O4S2. The fraction of sp³-hybridized carbons (Fsp3) is 1.00. The van der Waals surface area contributed by atoms with Crippen LogP contribution in [0.25, 0.3) is 0 Å². The predicted octanol–water partition coefficient (Wildman–Crippen LogP) is -1.07. The second-order valence-corrected chi connectivity index (χ2v) is 9.40. The molecule has 0 radical (unpaired) electrons. The largest absolute Gasteiger partial charge is 0.330 e. The standard InChI is InChI=1S/C10H23N3O4S2/c1-3-18(14,15)12-5-7-19(16,17)13-6-4-10(2,8-11)9-13/h12H,3-9,11H2,1-2H3. The molecule has 1 heterocycles. The molecule has 1 saturated heterocycles. The van der Waals surface area contributed by atoms with Gasteiger partial charge in [0.2, 0.25) is 20.0 Å². The predicted molar refractivity (Wildman–Crippen MR) is 74.6 cm³/mol. The third-order valence-electron chi connectivity index (χ3n) is 3.47. The molecule has 0 bridgehead atoms. The lowest BCUT2D eigenvalue weighted by Crippen LogP contribution is -2.39. The summed E-state index contributed by atoms with van der Waals surface area (Å²) in [6, 6.07) is 0. The molecule has 114 valence electrons. The Hall–Kier alpha value is -0.220. The van der Waals surface area contributed by atoms with Crippen LogP contribution in [0.3, 0.4) is 0 Å². The van der Waals surface area contributed by atoms with Crippen molar-refractivity contribution in [2.75, 3.05) is 37.7 Å². The third-order valence-corrected chi connectivity index (χ3v) is 6.69. The number of sulfonamides is 2. The van der Waals surface area contributed by atoms with Crippen molar-refractivity contribution in [2.45, 2.75) is 20.3 Å². The van der Waals surface area contributed by atoms with Crippen LogP contribution in [-0.2, 0) is 20.0 Å². The quantitative estimate of drug-likeness (QED) is 0.622. The minimum atomic E-state index is -3.42. The van der Waals surface area contributed by atoms with Crippen LogP contribution < -0.4 is 10.5 Å². The summed E-state index contributed by atoms with van der Waals surface area (Å²) >= 11 is 0. The summed E-state index contributed by atoms with van der Waals surface area (Å²) in [6.07, 6.45) is 0.740. The van der Waals surface area contributed by atoms with E-state index in [2.05, 4.69) is 4.72 Å². The highest BCUT2D eigenvalue weighted by atomic mass is 32.2. The Balaban J connectivity index is 2.54. The van der Waals surface area contributed by atoms with E-state index in [1.54, 1.807) is 0 Å². The average molecular weight is 313 g/mol. The van der Waals surface area contributed by atoms with Gasteiger partial charge in [-0.2, -0.15) is 0 Å². The summed E-state index contributed by atoms with van der Waals surface area (Å²) < 4.78 is 50.2. The van der Waals surface area contributed by atoms with Crippen molar-refractivity contribution in [1.82, 2.24) is 9.03 Å². The molecule has 1 atom stereocenters.